The van der Waals surface area contributed by atoms with Gasteiger partial charge in [-0.25, -0.2) is 4.98 Å². The van der Waals surface area contributed by atoms with E-state index in [2.05, 4.69) is 23.3 Å². The summed E-state index contributed by atoms with van der Waals surface area (Å²) in [5.41, 5.74) is 2.13. The van der Waals surface area contributed by atoms with E-state index in [0.717, 1.165) is 17.1 Å². The maximum absolute atomic E-state index is 5.39. The molecule has 3 aromatic rings. The number of benzene rings is 1. The Balaban J connectivity index is 1.80. The Morgan fingerprint density at radius 2 is 2.21 bits per heavy atom. The largest absolute Gasteiger partial charge is 0.467 e. The van der Waals surface area contributed by atoms with E-state index in [1.165, 1.54) is 0 Å². The minimum atomic E-state index is 0.132. The molecule has 0 saturated heterocycles. The summed E-state index contributed by atoms with van der Waals surface area (Å²) in [4.78, 5) is 4.06. The van der Waals surface area contributed by atoms with E-state index in [1.54, 1.807) is 18.8 Å². The zero-order valence-electron chi connectivity index (χ0n) is 10.7. The lowest BCUT2D eigenvalue weighted by molar-refractivity contribution is 0.490. The van der Waals surface area contributed by atoms with Crippen molar-refractivity contribution >= 4 is 5.69 Å². The first-order chi connectivity index (χ1) is 9.33. The zero-order valence-corrected chi connectivity index (χ0v) is 10.7. The van der Waals surface area contributed by atoms with Gasteiger partial charge in [-0.15, -0.1) is 0 Å². The Morgan fingerprint density at radius 1 is 1.26 bits per heavy atom. The van der Waals surface area contributed by atoms with Crippen molar-refractivity contribution in [1.29, 1.82) is 0 Å². The van der Waals surface area contributed by atoms with E-state index in [4.69, 9.17) is 4.42 Å². The van der Waals surface area contributed by atoms with Crippen LogP contribution in [-0.2, 0) is 0 Å². The average Bonchev–Trinajstić information content (AvgIpc) is 3.13. The lowest BCUT2D eigenvalue weighted by Gasteiger charge is -2.14. The van der Waals surface area contributed by atoms with Crippen molar-refractivity contribution < 1.29 is 4.42 Å². The number of rotatable bonds is 4. The third kappa shape index (κ3) is 2.52. The topological polar surface area (TPSA) is 43.0 Å². The molecule has 0 aliphatic rings. The third-order valence-electron chi connectivity index (χ3n) is 3.00. The number of nitrogens with one attached hydrogen (secondary N) is 1. The molecular formula is C15H15N3O. The highest BCUT2D eigenvalue weighted by atomic mass is 16.3. The summed E-state index contributed by atoms with van der Waals surface area (Å²) in [7, 11) is 0. The van der Waals surface area contributed by atoms with Crippen LogP contribution in [0.1, 0.15) is 18.7 Å². The van der Waals surface area contributed by atoms with Gasteiger partial charge in [-0.05, 0) is 37.3 Å². The first-order valence-corrected chi connectivity index (χ1v) is 6.21. The molecule has 3 rings (SSSR count). The molecule has 1 aromatic carbocycles. The van der Waals surface area contributed by atoms with E-state index in [9.17, 15) is 0 Å². The average molecular weight is 253 g/mol. The first-order valence-electron chi connectivity index (χ1n) is 6.21. The van der Waals surface area contributed by atoms with E-state index in [0.29, 0.717) is 0 Å². The van der Waals surface area contributed by atoms with Gasteiger partial charge in [0.15, 0.2) is 0 Å². The molecule has 0 spiro atoms. The molecule has 19 heavy (non-hydrogen) atoms. The highest BCUT2D eigenvalue weighted by molar-refractivity contribution is 5.52. The van der Waals surface area contributed by atoms with Crippen molar-refractivity contribution in [3.8, 4) is 5.69 Å². The Labute approximate surface area is 111 Å². The van der Waals surface area contributed by atoms with Gasteiger partial charge in [0.05, 0.1) is 18.6 Å². The van der Waals surface area contributed by atoms with Gasteiger partial charge in [0.1, 0.15) is 5.76 Å². The van der Waals surface area contributed by atoms with Gasteiger partial charge in [-0.3, -0.25) is 0 Å². The van der Waals surface area contributed by atoms with Gasteiger partial charge in [0, 0.05) is 23.8 Å². The van der Waals surface area contributed by atoms with Crippen molar-refractivity contribution in [3.63, 3.8) is 0 Å². The van der Waals surface area contributed by atoms with E-state index >= 15 is 0 Å². The molecule has 1 unspecified atom stereocenters. The van der Waals surface area contributed by atoms with Crippen molar-refractivity contribution in [3.05, 3.63) is 67.1 Å². The smallest absolute Gasteiger partial charge is 0.125 e. The second-order valence-electron chi connectivity index (χ2n) is 4.40. The van der Waals surface area contributed by atoms with Gasteiger partial charge in [0.2, 0.25) is 0 Å². The Morgan fingerprint density at radius 3 is 2.95 bits per heavy atom. The van der Waals surface area contributed by atoms with Crippen LogP contribution in [0, 0.1) is 0 Å². The number of imidazole rings is 1. The van der Waals surface area contributed by atoms with Crippen LogP contribution in [0.4, 0.5) is 5.69 Å². The molecule has 1 atom stereocenters. The highest BCUT2D eigenvalue weighted by Crippen LogP contribution is 2.21. The lowest BCUT2D eigenvalue weighted by atomic mass is 10.2. The van der Waals surface area contributed by atoms with Crippen LogP contribution >= 0.6 is 0 Å². The van der Waals surface area contributed by atoms with Gasteiger partial charge in [-0.1, -0.05) is 6.07 Å². The quantitative estimate of drug-likeness (QED) is 0.772. The molecule has 4 heteroatoms. The van der Waals surface area contributed by atoms with Crippen LogP contribution in [0.5, 0.6) is 0 Å². The molecule has 0 aliphatic heterocycles. The molecule has 2 heterocycles. The molecule has 1 N–H and O–H groups in total. The normalized spacial score (nSPS) is 12.3. The fraction of sp³-hybridized carbons (Fsp3) is 0.133. The predicted octanol–water partition coefficient (Wildman–Crippen LogP) is 3.64. The standard InChI is InChI=1S/C15H15N3O/c1-12(15-6-3-9-19-15)17-13-4-2-5-14(10-13)18-8-7-16-11-18/h2-12,17H,1H3. The summed E-state index contributed by atoms with van der Waals surface area (Å²) in [6.07, 6.45) is 7.17. The Kier molecular flexibility index (Phi) is 3.06. The SMILES string of the molecule is CC(Nc1cccc(-n2ccnc2)c1)c1ccco1. The number of aromatic nitrogens is 2. The van der Waals surface area contributed by atoms with Crippen molar-refractivity contribution in [1.82, 2.24) is 9.55 Å². The number of nitrogens with zero attached hydrogens (tertiary/aromatic N) is 2. The molecule has 0 bridgehead atoms. The highest BCUT2D eigenvalue weighted by Gasteiger charge is 2.08. The maximum Gasteiger partial charge on any atom is 0.125 e. The molecule has 0 amide bonds. The Bertz CT molecular complexity index is 629. The van der Waals surface area contributed by atoms with Crippen LogP contribution in [0.15, 0.2) is 65.8 Å². The van der Waals surface area contributed by atoms with Gasteiger partial charge >= 0.3 is 0 Å². The minimum Gasteiger partial charge on any atom is -0.467 e. The molecular weight excluding hydrogens is 238 g/mol. The number of furan rings is 1. The molecule has 4 nitrogen and oxygen atoms in total. The van der Waals surface area contributed by atoms with Crippen LogP contribution in [0.2, 0.25) is 0 Å². The van der Waals surface area contributed by atoms with Crippen molar-refractivity contribution in [2.45, 2.75) is 13.0 Å². The monoisotopic (exact) mass is 253 g/mol. The second-order valence-corrected chi connectivity index (χ2v) is 4.40. The summed E-state index contributed by atoms with van der Waals surface area (Å²) < 4.78 is 7.37. The summed E-state index contributed by atoms with van der Waals surface area (Å²) in [6, 6.07) is 12.2. The fourth-order valence-corrected chi connectivity index (χ4v) is 2.03. The number of anilines is 1. The minimum absolute atomic E-state index is 0.132. The third-order valence-corrected chi connectivity index (χ3v) is 3.00. The molecule has 2 aromatic heterocycles. The number of hydrogen-bond donors (Lipinski definition) is 1. The van der Waals surface area contributed by atoms with Gasteiger partial charge < -0.3 is 14.3 Å². The van der Waals surface area contributed by atoms with Crippen LogP contribution in [0.3, 0.4) is 0 Å². The second kappa shape index (κ2) is 5.02. The number of hydrogen-bond acceptors (Lipinski definition) is 3. The summed E-state index contributed by atoms with van der Waals surface area (Å²) in [6.45, 7) is 2.07. The van der Waals surface area contributed by atoms with Gasteiger partial charge in [0.25, 0.3) is 0 Å². The molecule has 0 radical (unpaired) electrons. The van der Waals surface area contributed by atoms with Crippen molar-refractivity contribution in [2.24, 2.45) is 0 Å². The predicted molar refractivity (Wildman–Crippen MR) is 74.3 cm³/mol. The zero-order chi connectivity index (χ0) is 13.1. The van der Waals surface area contributed by atoms with Crippen LogP contribution in [-0.4, -0.2) is 9.55 Å². The molecule has 0 aliphatic carbocycles. The summed E-state index contributed by atoms with van der Waals surface area (Å²) in [5, 5.41) is 3.42. The van der Waals surface area contributed by atoms with Gasteiger partial charge in [-0.2, -0.15) is 0 Å². The van der Waals surface area contributed by atoms with E-state index < -0.39 is 0 Å². The summed E-state index contributed by atoms with van der Waals surface area (Å²) in [5.74, 6) is 0.924. The maximum atomic E-state index is 5.39. The lowest BCUT2D eigenvalue weighted by Crippen LogP contribution is -2.05. The Hall–Kier alpha value is -2.49. The summed E-state index contributed by atoms with van der Waals surface area (Å²) >= 11 is 0. The van der Waals surface area contributed by atoms with Crippen molar-refractivity contribution in [2.75, 3.05) is 5.32 Å². The first kappa shape index (κ1) is 11.6. The molecule has 96 valence electrons. The molecule has 0 fully saturated rings. The fourth-order valence-electron chi connectivity index (χ4n) is 2.03. The van der Waals surface area contributed by atoms with E-state index in [1.807, 2.05) is 41.1 Å². The van der Waals surface area contributed by atoms with Crippen LogP contribution < -0.4 is 5.32 Å². The van der Waals surface area contributed by atoms with Crippen LogP contribution in [0.25, 0.3) is 5.69 Å². The van der Waals surface area contributed by atoms with E-state index in [-0.39, 0.29) is 6.04 Å². The molecule has 0 saturated carbocycles.